The van der Waals surface area contributed by atoms with E-state index in [9.17, 15) is 14.4 Å². The molecule has 0 spiro atoms. The number of hydrogen-bond acceptors (Lipinski definition) is 6. The van der Waals surface area contributed by atoms with Gasteiger partial charge in [-0.1, -0.05) is 49.4 Å². The normalized spacial score (nSPS) is 17.2. The molecule has 1 aromatic heterocycles. The maximum absolute atomic E-state index is 12.7. The molecule has 8 heteroatoms. The van der Waals surface area contributed by atoms with Gasteiger partial charge in [-0.2, -0.15) is 4.68 Å². The van der Waals surface area contributed by atoms with Crippen LogP contribution in [0.25, 0.3) is 10.9 Å². The molecule has 1 saturated heterocycles. The lowest BCUT2D eigenvalue weighted by molar-refractivity contribution is -0.152. The van der Waals surface area contributed by atoms with Crippen LogP contribution in [0.2, 0.25) is 0 Å². The summed E-state index contributed by atoms with van der Waals surface area (Å²) >= 11 is 0. The van der Waals surface area contributed by atoms with Crippen LogP contribution in [-0.4, -0.2) is 33.4 Å². The quantitative estimate of drug-likeness (QED) is 0.569. The van der Waals surface area contributed by atoms with Gasteiger partial charge in [0.15, 0.2) is 6.73 Å². The van der Waals surface area contributed by atoms with Crippen molar-refractivity contribution in [2.75, 3.05) is 11.4 Å². The number of para-hydroxylation sites is 1. The van der Waals surface area contributed by atoms with Gasteiger partial charge in [-0.25, -0.2) is 0 Å². The summed E-state index contributed by atoms with van der Waals surface area (Å²) in [6.07, 6.45) is 1.03. The highest BCUT2D eigenvalue weighted by molar-refractivity contribution is 6.00. The molecule has 1 aliphatic heterocycles. The minimum atomic E-state index is -0.596. The van der Waals surface area contributed by atoms with Gasteiger partial charge in [-0.05, 0) is 36.1 Å². The zero-order valence-electron chi connectivity index (χ0n) is 17.5. The fourth-order valence-electron chi connectivity index (χ4n) is 3.82. The van der Waals surface area contributed by atoms with Crippen LogP contribution in [0, 0.1) is 5.92 Å². The number of anilines is 1. The Balaban J connectivity index is 1.46. The highest BCUT2D eigenvalue weighted by Crippen LogP contribution is 2.33. The van der Waals surface area contributed by atoms with Crippen LogP contribution in [0.3, 0.4) is 0 Å². The number of hydrogen-bond donors (Lipinski definition) is 0. The summed E-state index contributed by atoms with van der Waals surface area (Å²) < 4.78 is 6.32. The summed E-state index contributed by atoms with van der Waals surface area (Å²) in [7, 11) is 0. The summed E-state index contributed by atoms with van der Waals surface area (Å²) in [6.45, 7) is 4.13. The average Bonchev–Trinajstić information content (AvgIpc) is 3.19. The lowest BCUT2D eigenvalue weighted by Gasteiger charge is -2.23. The molecule has 0 unspecified atom stereocenters. The van der Waals surface area contributed by atoms with Crippen LogP contribution < -0.4 is 10.5 Å². The third-order valence-corrected chi connectivity index (χ3v) is 5.79. The Kier molecular flexibility index (Phi) is 5.79. The zero-order valence-corrected chi connectivity index (χ0v) is 17.5. The number of benzene rings is 2. The number of rotatable bonds is 6. The fraction of sp³-hybridized carbons (Fsp3) is 0.348. The number of carbonyl (C=O) groups is 2. The molecule has 3 aromatic rings. The Labute approximate surface area is 179 Å². The van der Waals surface area contributed by atoms with Gasteiger partial charge in [-0.15, -0.1) is 5.10 Å². The second-order valence-corrected chi connectivity index (χ2v) is 7.78. The Hall–Kier alpha value is -3.55. The Morgan fingerprint density at radius 1 is 1.16 bits per heavy atom. The van der Waals surface area contributed by atoms with Crippen molar-refractivity contribution in [3.63, 3.8) is 0 Å². The third kappa shape index (κ3) is 4.05. The van der Waals surface area contributed by atoms with Crippen molar-refractivity contribution in [1.29, 1.82) is 0 Å². The van der Waals surface area contributed by atoms with E-state index in [-0.39, 0.29) is 31.2 Å². The minimum absolute atomic E-state index is 0.0754. The Morgan fingerprint density at radius 3 is 2.71 bits per heavy atom. The van der Waals surface area contributed by atoms with Crippen molar-refractivity contribution in [1.82, 2.24) is 15.0 Å². The predicted molar refractivity (Wildman–Crippen MR) is 115 cm³/mol. The first kappa shape index (κ1) is 20.7. The van der Waals surface area contributed by atoms with E-state index < -0.39 is 11.9 Å². The Morgan fingerprint density at radius 2 is 1.90 bits per heavy atom. The molecule has 2 aromatic carbocycles. The second-order valence-electron chi connectivity index (χ2n) is 7.78. The average molecular weight is 420 g/mol. The lowest BCUT2D eigenvalue weighted by atomic mass is 9.96. The van der Waals surface area contributed by atoms with Crippen LogP contribution in [-0.2, 0) is 21.1 Å². The number of nitrogens with zero attached hydrogens (tertiary/aromatic N) is 4. The summed E-state index contributed by atoms with van der Waals surface area (Å²) in [5.74, 6) is -0.936. The number of fused-ring (bicyclic) bond motifs is 1. The SMILES string of the molecule is CC[C@H](C)c1ccccc1N1C[C@@H](C(=O)OCn2nnc3ccccc3c2=O)CC1=O. The molecular formula is C23H24N4O4. The predicted octanol–water partition coefficient (Wildman–Crippen LogP) is 2.86. The number of aromatic nitrogens is 3. The van der Waals surface area contributed by atoms with Gasteiger partial charge >= 0.3 is 5.97 Å². The first-order valence-corrected chi connectivity index (χ1v) is 10.4. The molecule has 160 valence electrons. The smallest absolute Gasteiger partial charge is 0.313 e. The van der Waals surface area contributed by atoms with E-state index in [1.807, 2.05) is 24.3 Å². The molecule has 2 atom stereocenters. The number of carbonyl (C=O) groups excluding carboxylic acids is 2. The van der Waals surface area contributed by atoms with Gasteiger partial charge in [0.1, 0.15) is 5.52 Å². The largest absolute Gasteiger partial charge is 0.442 e. The van der Waals surface area contributed by atoms with Gasteiger partial charge < -0.3 is 9.64 Å². The number of esters is 1. The second kappa shape index (κ2) is 8.67. The molecular weight excluding hydrogens is 396 g/mol. The van der Waals surface area contributed by atoms with Crippen molar-refractivity contribution >= 4 is 28.5 Å². The van der Waals surface area contributed by atoms with Crippen LogP contribution in [0.5, 0.6) is 0 Å². The van der Waals surface area contributed by atoms with Crippen LogP contribution in [0.1, 0.15) is 38.2 Å². The van der Waals surface area contributed by atoms with Gasteiger partial charge in [0.25, 0.3) is 5.56 Å². The van der Waals surface area contributed by atoms with E-state index >= 15 is 0 Å². The highest BCUT2D eigenvalue weighted by Gasteiger charge is 2.37. The molecule has 0 aliphatic carbocycles. The maximum atomic E-state index is 12.7. The first-order chi connectivity index (χ1) is 15.0. The summed E-state index contributed by atoms with van der Waals surface area (Å²) in [4.78, 5) is 39.4. The molecule has 0 bridgehead atoms. The summed E-state index contributed by atoms with van der Waals surface area (Å²) in [5, 5.41) is 8.20. The highest BCUT2D eigenvalue weighted by atomic mass is 16.5. The lowest BCUT2D eigenvalue weighted by Crippen LogP contribution is -2.30. The summed E-state index contributed by atoms with van der Waals surface area (Å²) in [5.41, 5.74) is 2.02. The number of ether oxygens (including phenoxy) is 1. The zero-order chi connectivity index (χ0) is 22.0. The molecule has 8 nitrogen and oxygen atoms in total. The molecule has 0 radical (unpaired) electrons. The van der Waals surface area contributed by atoms with E-state index in [1.165, 1.54) is 0 Å². The van der Waals surface area contributed by atoms with Crippen molar-refractivity contribution in [3.8, 4) is 0 Å². The van der Waals surface area contributed by atoms with Gasteiger partial charge in [0.05, 0.1) is 11.3 Å². The van der Waals surface area contributed by atoms with Crippen LogP contribution in [0.4, 0.5) is 5.69 Å². The molecule has 4 rings (SSSR count). The minimum Gasteiger partial charge on any atom is -0.442 e. The summed E-state index contributed by atoms with van der Waals surface area (Å²) in [6, 6.07) is 14.6. The van der Waals surface area contributed by atoms with Gasteiger partial charge in [-0.3, -0.25) is 14.4 Å². The van der Waals surface area contributed by atoms with Crippen molar-refractivity contribution < 1.29 is 14.3 Å². The Bertz CT molecular complexity index is 1190. The maximum Gasteiger partial charge on any atom is 0.313 e. The van der Waals surface area contributed by atoms with Crippen molar-refractivity contribution in [2.24, 2.45) is 5.92 Å². The fourth-order valence-corrected chi connectivity index (χ4v) is 3.82. The topological polar surface area (TPSA) is 94.4 Å². The standard InChI is InChI=1S/C23H24N4O4/c1-3-15(2)17-8-5-7-11-20(17)26-13-16(12-21(26)28)23(30)31-14-27-22(29)18-9-4-6-10-19(18)24-25-27/h4-11,15-16H,3,12-14H2,1-2H3/t15-,16-/m0/s1. The van der Waals surface area contributed by atoms with Crippen LogP contribution in [0.15, 0.2) is 53.3 Å². The van der Waals surface area contributed by atoms with E-state index in [0.29, 0.717) is 16.8 Å². The molecule has 2 heterocycles. The van der Waals surface area contributed by atoms with Crippen molar-refractivity contribution in [3.05, 3.63) is 64.4 Å². The number of amides is 1. The van der Waals surface area contributed by atoms with E-state index in [4.69, 9.17) is 4.74 Å². The first-order valence-electron chi connectivity index (χ1n) is 10.4. The van der Waals surface area contributed by atoms with Crippen molar-refractivity contribution in [2.45, 2.75) is 39.3 Å². The molecule has 1 fully saturated rings. The van der Waals surface area contributed by atoms with E-state index in [2.05, 4.69) is 24.2 Å². The van der Waals surface area contributed by atoms with E-state index in [1.54, 1.807) is 29.2 Å². The molecule has 1 aliphatic rings. The molecule has 0 saturated carbocycles. The van der Waals surface area contributed by atoms with Gasteiger partial charge in [0.2, 0.25) is 5.91 Å². The van der Waals surface area contributed by atoms with Gasteiger partial charge in [0, 0.05) is 18.7 Å². The molecule has 0 N–H and O–H groups in total. The molecule has 1 amide bonds. The van der Waals surface area contributed by atoms with Crippen LogP contribution >= 0.6 is 0 Å². The third-order valence-electron chi connectivity index (χ3n) is 5.79. The molecule has 31 heavy (non-hydrogen) atoms. The monoisotopic (exact) mass is 420 g/mol. The van der Waals surface area contributed by atoms with E-state index in [0.717, 1.165) is 22.4 Å².